The number of likely N-dealkylation sites (N-methyl/N-ethyl adjacent to an activating group) is 1. The van der Waals surface area contributed by atoms with E-state index in [1.807, 2.05) is 0 Å². The fraction of sp³-hybridized carbons (Fsp3) is 0.300. The van der Waals surface area contributed by atoms with Gasteiger partial charge in [-0.05, 0) is 31.2 Å². The molecule has 0 heterocycles. The predicted octanol–water partition coefficient (Wildman–Crippen LogP) is 1.04. The van der Waals surface area contributed by atoms with Crippen LogP contribution >= 0.6 is 0 Å². The minimum atomic E-state index is -0.934. The van der Waals surface area contributed by atoms with Crippen molar-refractivity contribution in [3.8, 4) is 0 Å². The van der Waals surface area contributed by atoms with Crippen LogP contribution in [0.2, 0.25) is 0 Å². The summed E-state index contributed by atoms with van der Waals surface area (Å²) in [6.07, 6.45) is 0.281. The van der Waals surface area contributed by atoms with Crippen LogP contribution in [-0.2, 0) is 11.2 Å². The van der Waals surface area contributed by atoms with Crippen molar-refractivity contribution in [2.75, 3.05) is 7.05 Å². The molecule has 0 bridgehead atoms. The number of carbonyl (C=O) groups is 1. The molecule has 1 atom stereocenters. The third kappa shape index (κ3) is 2.81. The molecule has 14 heavy (non-hydrogen) atoms. The fourth-order valence-corrected chi connectivity index (χ4v) is 1.21. The molecule has 4 heteroatoms. The van der Waals surface area contributed by atoms with Crippen molar-refractivity contribution in [2.45, 2.75) is 12.5 Å². The molecule has 0 saturated carbocycles. The Morgan fingerprint density at radius 3 is 2.86 bits per heavy atom. The third-order valence-corrected chi connectivity index (χ3v) is 1.98. The van der Waals surface area contributed by atoms with Gasteiger partial charge >= 0.3 is 5.97 Å². The van der Waals surface area contributed by atoms with Crippen molar-refractivity contribution >= 4 is 5.97 Å². The van der Waals surface area contributed by atoms with Crippen molar-refractivity contribution in [3.05, 3.63) is 35.6 Å². The van der Waals surface area contributed by atoms with E-state index in [4.69, 9.17) is 5.11 Å². The lowest BCUT2D eigenvalue weighted by Gasteiger charge is -2.10. The second kappa shape index (κ2) is 4.72. The number of aliphatic carboxylic acids is 1. The third-order valence-electron chi connectivity index (χ3n) is 1.98. The van der Waals surface area contributed by atoms with Crippen LogP contribution in [0.15, 0.2) is 24.3 Å². The van der Waals surface area contributed by atoms with Gasteiger partial charge in [0.1, 0.15) is 11.9 Å². The lowest BCUT2D eigenvalue weighted by Crippen LogP contribution is -2.35. The molecule has 0 amide bonds. The van der Waals surface area contributed by atoms with E-state index in [1.54, 1.807) is 19.2 Å². The van der Waals surface area contributed by atoms with Gasteiger partial charge in [0.15, 0.2) is 0 Å². The summed E-state index contributed by atoms with van der Waals surface area (Å²) in [7, 11) is 1.57. The molecule has 1 aromatic rings. The van der Waals surface area contributed by atoms with Crippen LogP contribution in [0.5, 0.6) is 0 Å². The number of hydrogen-bond acceptors (Lipinski definition) is 2. The zero-order valence-electron chi connectivity index (χ0n) is 7.83. The van der Waals surface area contributed by atoms with E-state index in [1.165, 1.54) is 12.1 Å². The number of benzene rings is 1. The molecule has 2 N–H and O–H groups in total. The molecule has 0 saturated heterocycles. The van der Waals surface area contributed by atoms with Crippen molar-refractivity contribution < 1.29 is 14.3 Å². The number of nitrogens with one attached hydrogen (secondary N) is 1. The molecule has 0 aliphatic carbocycles. The lowest BCUT2D eigenvalue weighted by molar-refractivity contribution is -0.139. The van der Waals surface area contributed by atoms with Crippen LogP contribution in [-0.4, -0.2) is 24.2 Å². The number of rotatable bonds is 4. The molecule has 0 fully saturated rings. The van der Waals surface area contributed by atoms with Gasteiger partial charge in [-0.2, -0.15) is 0 Å². The van der Waals surface area contributed by atoms with Crippen molar-refractivity contribution in [2.24, 2.45) is 0 Å². The zero-order chi connectivity index (χ0) is 10.6. The molecule has 0 unspecified atom stereocenters. The van der Waals surface area contributed by atoms with Gasteiger partial charge in [0.05, 0.1) is 0 Å². The summed E-state index contributed by atoms with van der Waals surface area (Å²) >= 11 is 0. The second-order valence-electron chi connectivity index (χ2n) is 3.01. The Kier molecular flexibility index (Phi) is 3.59. The Labute approximate surface area is 81.6 Å². The van der Waals surface area contributed by atoms with E-state index < -0.39 is 12.0 Å². The molecule has 3 nitrogen and oxygen atoms in total. The maximum atomic E-state index is 12.8. The summed E-state index contributed by atoms with van der Waals surface area (Å²) in [4.78, 5) is 10.7. The van der Waals surface area contributed by atoms with E-state index >= 15 is 0 Å². The first kappa shape index (κ1) is 10.7. The highest BCUT2D eigenvalue weighted by Crippen LogP contribution is 2.06. The van der Waals surface area contributed by atoms with Crippen LogP contribution < -0.4 is 5.32 Å². The van der Waals surface area contributed by atoms with Gasteiger partial charge in [-0.15, -0.1) is 0 Å². The summed E-state index contributed by atoms with van der Waals surface area (Å²) in [5.74, 6) is -1.28. The molecule has 0 aliphatic rings. The van der Waals surface area contributed by atoms with E-state index in [0.717, 1.165) is 0 Å². The Balaban J connectivity index is 2.72. The second-order valence-corrected chi connectivity index (χ2v) is 3.01. The van der Waals surface area contributed by atoms with Crippen molar-refractivity contribution in [1.82, 2.24) is 5.32 Å². The first-order valence-corrected chi connectivity index (χ1v) is 4.28. The number of carboxylic acid groups (broad SMARTS) is 1. The summed E-state index contributed by atoms with van der Waals surface area (Å²) in [5.41, 5.74) is 0.673. The quantitative estimate of drug-likeness (QED) is 0.758. The van der Waals surface area contributed by atoms with E-state index in [9.17, 15) is 9.18 Å². The van der Waals surface area contributed by atoms with Gasteiger partial charge in [0, 0.05) is 0 Å². The smallest absolute Gasteiger partial charge is 0.321 e. The summed E-state index contributed by atoms with van der Waals surface area (Å²) in [6, 6.07) is 5.28. The molecule has 1 aromatic carbocycles. The van der Waals surface area contributed by atoms with Crippen LogP contribution in [0.4, 0.5) is 4.39 Å². The van der Waals surface area contributed by atoms with Gasteiger partial charge in [-0.3, -0.25) is 4.79 Å². The van der Waals surface area contributed by atoms with E-state index in [-0.39, 0.29) is 12.2 Å². The molecule has 1 rings (SSSR count). The number of hydrogen-bond donors (Lipinski definition) is 2. The first-order valence-electron chi connectivity index (χ1n) is 4.28. The van der Waals surface area contributed by atoms with Crippen LogP contribution in [0.1, 0.15) is 5.56 Å². The number of halogens is 1. The Hall–Kier alpha value is -1.42. The number of carboxylic acids is 1. The lowest BCUT2D eigenvalue weighted by atomic mass is 10.1. The standard InChI is InChI=1S/C10H12FNO2/c1-12-9(10(13)14)6-7-3-2-4-8(11)5-7/h2-5,9,12H,6H2,1H3,(H,13,14)/t9-/m0/s1. The molecule has 0 aliphatic heterocycles. The molecular weight excluding hydrogens is 185 g/mol. The van der Waals surface area contributed by atoms with Gasteiger partial charge in [-0.1, -0.05) is 12.1 Å². The van der Waals surface area contributed by atoms with Crippen molar-refractivity contribution in [3.63, 3.8) is 0 Å². The fourth-order valence-electron chi connectivity index (χ4n) is 1.21. The summed E-state index contributed by atoms with van der Waals surface area (Å²) in [5, 5.41) is 11.4. The topological polar surface area (TPSA) is 49.3 Å². The molecule has 0 spiro atoms. The minimum absolute atomic E-state index is 0.281. The zero-order valence-corrected chi connectivity index (χ0v) is 7.83. The average molecular weight is 197 g/mol. The normalized spacial score (nSPS) is 12.4. The average Bonchev–Trinajstić information content (AvgIpc) is 2.14. The maximum absolute atomic E-state index is 12.8. The monoisotopic (exact) mass is 197 g/mol. The SMILES string of the molecule is CN[C@@H](Cc1cccc(F)c1)C(=O)O. The summed E-state index contributed by atoms with van der Waals surface area (Å²) < 4.78 is 12.8. The van der Waals surface area contributed by atoms with Crippen molar-refractivity contribution in [1.29, 1.82) is 0 Å². The predicted molar refractivity (Wildman–Crippen MR) is 50.6 cm³/mol. The van der Waals surface area contributed by atoms with Gasteiger partial charge < -0.3 is 10.4 Å². The Bertz CT molecular complexity index is 328. The molecule has 0 aromatic heterocycles. The first-order chi connectivity index (χ1) is 6.63. The molecular formula is C10H12FNO2. The van der Waals surface area contributed by atoms with Crippen LogP contribution in [0.25, 0.3) is 0 Å². The Morgan fingerprint density at radius 2 is 2.36 bits per heavy atom. The highest BCUT2D eigenvalue weighted by molar-refractivity contribution is 5.73. The summed E-state index contributed by atoms with van der Waals surface area (Å²) in [6.45, 7) is 0. The van der Waals surface area contributed by atoms with Crippen LogP contribution in [0, 0.1) is 5.82 Å². The molecule has 76 valence electrons. The Morgan fingerprint density at radius 1 is 1.64 bits per heavy atom. The maximum Gasteiger partial charge on any atom is 0.321 e. The largest absolute Gasteiger partial charge is 0.480 e. The van der Waals surface area contributed by atoms with Gasteiger partial charge in [0.25, 0.3) is 0 Å². The van der Waals surface area contributed by atoms with E-state index in [0.29, 0.717) is 5.56 Å². The minimum Gasteiger partial charge on any atom is -0.480 e. The van der Waals surface area contributed by atoms with Crippen LogP contribution in [0.3, 0.4) is 0 Å². The van der Waals surface area contributed by atoms with Gasteiger partial charge in [0.2, 0.25) is 0 Å². The highest BCUT2D eigenvalue weighted by Gasteiger charge is 2.15. The molecule has 0 radical (unpaired) electrons. The van der Waals surface area contributed by atoms with Gasteiger partial charge in [-0.25, -0.2) is 4.39 Å². The van der Waals surface area contributed by atoms with E-state index in [2.05, 4.69) is 5.32 Å². The highest BCUT2D eigenvalue weighted by atomic mass is 19.1.